The van der Waals surface area contributed by atoms with Crippen molar-refractivity contribution in [3.63, 3.8) is 0 Å². The molecule has 2 saturated heterocycles. The van der Waals surface area contributed by atoms with Gasteiger partial charge in [-0.25, -0.2) is 9.18 Å². The van der Waals surface area contributed by atoms with Crippen molar-refractivity contribution in [2.24, 2.45) is 11.8 Å². The molecule has 2 atom stereocenters. The van der Waals surface area contributed by atoms with Crippen LogP contribution in [0.1, 0.15) is 31.1 Å². The zero-order valence-electron chi connectivity index (χ0n) is 16.7. The highest BCUT2D eigenvalue weighted by Crippen LogP contribution is 2.33. The molecule has 8 nitrogen and oxygen atoms in total. The molecule has 2 fully saturated rings. The topological polar surface area (TPSA) is 80.6 Å². The Balaban J connectivity index is 1.47. The molecule has 0 N–H and O–H groups in total. The van der Waals surface area contributed by atoms with Gasteiger partial charge in [0.25, 0.3) is 5.91 Å². The molecule has 0 spiro atoms. The summed E-state index contributed by atoms with van der Waals surface area (Å²) >= 11 is 0. The molecule has 3 heterocycles. The molecular formula is C20H24FN5O3. The van der Waals surface area contributed by atoms with Gasteiger partial charge in [-0.3, -0.25) is 4.79 Å². The Morgan fingerprint density at radius 1 is 1.03 bits per heavy atom. The third kappa shape index (κ3) is 3.81. The van der Waals surface area contributed by atoms with Gasteiger partial charge in [-0.1, -0.05) is 6.07 Å². The van der Waals surface area contributed by atoms with Crippen molar-refractivity contribution in [2.75, 3.05) is 26.2 Å². The van der Waals surface area contributed by atoms with Crippen molar-refractivity contribution >= 4 is 12.0 Å². The minimum absolute atomic E-state index is 0.0346. The first-order chi connectivity index (χ1) is 13.7. The van der Waals surface area contributed by atoms with Gasteiger partial charge in [-0.15, -0.1) is 0 Å². The summed E-state index contributed by atoms with van der Waals surface area (Å²) in [4.78, 5) is 30.0. The van der Waals surface area contributed by atoms with E-state index in [-0.39, 0.29) is 29.4 Å². The standard InChI is InChI=1S/C20H24FN5O3/c1-20(2,3)29-19(28)25-11-13-9-24(10-14(13)12-25)18(27)17-15(21)5-4-6-16(17)26-22-7-8-23-26/h4-8,13-14H,9-12H2,1-3H3/t13-,14+. The van der Waals surface area contributed by atoms with Crippen LogP contribution in [0, 0.1) is 17.7 Å². The molecule has 0 saturated carbocycles. The fourth-order valence-corrected chi connectivity index (χ4v) is 4.02. The minimum Gasteiger partial charge on any atom is -0.444 e. The van der Waals surface area contributed by atoms with Crippen molar-refractivity contribution in [3.8, 4) is 5.69 Å². The van der Waals surface area contributed by atoms with Crippen LogP contribution in [0.5, 0.6) is 0 Å². The summed E-state index contributed by atoms with van der Waals surface area (Å²) in [6.07, 6.45) is 2.63. The number of carbonyl (C=O) groups excluding carboxylic acids is 2. The highest BCUT2D eigenvalue weighted by molar-refractivity contribution is 5.98. The highest BCUT2D eigenvalue weighted by Gasteiger charge is 2.44. The SMILES string of the molecule is CC(C)(C)OC(=O)N1C[C@@H]2CN(C(=O)c3c(F)cccc3-n3nccn3)C[C@@H]2C1. The van der Waals surface area contributed by atoms with Crippen LogP contribution in [-0.2, 0) is 4.74 Å². The average Bonchev–Trinajstić information content (AvgIpc) is 3.35. The summed E-state index contributed by atoms with van der Waals surface area (Å²) in [6.45, 7) is 7.53. The number of carbonyl (C=O) groups is 2. The maximum atomic E-state index is 14.6. The lowest BCUT2D eigenvalue weighted by Crippen LogP contribution is -2.38. The minimum atomic E-state index is -0.600. The van der Waals surface area contributed by atoms with Gasteiger partial charge in [-0.2, -0.15) is 15.0 Å². The molecule has 9 heteroatoms. The van der Waals surface area contributed by atoms with Crippen molar-refractivity contribution in [2.45, 2.75) is 26.4 Å². The number of ether oxygens (including phenoxy) is 1. The number of aromatic nitrogens is 3. The average molecular weight is 401 g/mol. The number of rotatable bonds is 2. The van der Waals surface area contributed by atoms with E-state index in [9.17, 15) is 14.0 Å². The highest BCUT2D eigenvalue weighted by atomic mass is 19.1. The van der Waals surface area contributed by atoms with Crippen LogP contribution < -0.4 is 0 Å². The second kappa shape index (κ2) is 7.13. The maximum Gasteiger partial charge on any atom is 0.410 e. The van der Waals surface area contributed by atoms with Crippen molar-refractivity contribution in [1.29, 1.82) is 0 Å². The molecule has 1 aromatic heterocycles. The van der Waals surface area contributed by atoms with Crippen LogP contribution in [0.4, 0.5) is 9.18 Å². The lowest BCUT2D eigenvalue weighted by molar-refractivity contribution is 0.0275. The monoisotopic (exact) mass is 401 g/mol. The van der Waals surface area contributed by atoms with Crippen LogP contribution in [0.2, 0.25) is 0 Å². The first kappa shape index (κ1) is 19.4. The third-order valence-electron chi connectivity index (χ3n) is 5.26. The Labute approximate surface area is 168 Å². The van der Waals surface area contributed by atoms with E-state index in [2.05, 4.69) is 10.2 Å². The van der Waals surface area contributed by atoms with Crippen LogP contribution in [0.25, 0.3) is 5.69 Å². The van der Waals surface area contributed by atoms with E-state index in [0.717, 1.165) is 0 Å². The van der Waals surface area contributed by atoms with E-state index in [1.165, 1.54) is 29.3 Å². The van der Waals surface area contributed by atoms with Gasteiger partial charge in [-0.05, 0) is 32.9 Å². The lowest BCUT2D eigenvalue weighted by Gasteiger charge is -2.26. The summed E-state index contributed by atoms with van der Waals surface area (Å²) in [6, 6.07) is 4.42. The molecule has 2 aliphatic heterocycles. The van der Waals surface area contributed by atoms with Gasteiger partial charge >= 0.3 is 6.09 Å². The van der Waals surface area contributed by atoms with Crippen LogP contribution in [0.3, 0.4) is 0 Å². The number of fused-ring (bicyclic) bond motifs is 1. The van der Waals surface area contributed by atoms with Crippen molar-refractivity contribution < 1.29 is 18.7 Å². The Hall–Kier alpha value is -2.97. The normalized spacial score (nSPS) is 21.4. The fourth-order valence-electron chi connectivity index (χ4n) is 4.02. The van der Waals surface area contributed by atoms with Crippen molar-refractivity contribution in [1.82, 2.24) is 24.8 Å². The van der Waals surface area contributed by atoms with Gasteiger partial charge in [0.15, 0.2) is 0 Å². The van der Waals surface area contributed by atoms with Crippen LogP contribution in [-0.4, -0.2) is 68.6 Å². The summed E-state index contributed by atoms with van der Waals surface area (Å²) in [5.41, 5.74) is -0.265. The predicted octanol–water partition coefficient (Wildman–Crippen LogP) is 2.35. The number of hydrogen-bond acceptors (Lipinski definition) is 5. The first-order valence-corrected chi connectivity index (χ1v) is 9.65. The van der Waals surface area contributed by atoms with Crippen LogP contribution in [0.15, 0.2) is 30.6 Å². The summed E-state index contributed by atoms with van der Waals surface area (Å²) in [7, 11) is 0. The van der Waals surface area contributed by atoms with E-state index in [1.54, 1.807) is 15.9 Å². The van der Waals surface area contributed by atoms with E-state index in [1.807, 2.05) is 20.8 Å². The third-order valence-corrected chi connectivity index (χ3v) is 5.26. The molecule has 2 aliphatic rings. The Bertz CT molecular complexity index is 911. The number of benzene rings is 1. The molecule has 0 bridgehead atoms. The zero-order chi connectivity index (χ0) is 20.8. The number of likely N-dealkylation sites (tertiary alicyclic amines) is 2. The molecule has 0 aliphatic carbocycles. The summed E-state index contributed by atoms with van der Waals surface area (Å²) < 4.78 is 20.0. The van der Waals surface area contributed by atoms with E-state index >= 15 is 0 Å². The van der Waals surface area contributed by atoms with Gasteiger partial charge in [0.05, 0.1) is 12.4 Å². The second-order valence-corrected chi connectivity index (χ2v) is 8.57. The number of hydrogen-bond donors (Lipinski definition) is 0. The summed E-state index contributed by atoms with van der Waals surface area (Å²) in [5, 5.41) is 8.05. The Kier molecular flexibility index (Phi) is 4.76. The summed E-state index contributed by atoms with van der Waals surface area (Å²) in [5.74, 6) is -0.667. The second-order valence-electron chi connectivity index (χ2n) is 8.57. The van der Waals surface area contributed by atoms with Gasteiger partial charge in [0.2, 0.25) is 0 Å². The molecule has 2 amide bonds. The van der Waals surface area contributed by atoms with Crippen molar-refractivity contribution in [3.05, 3.63) is 42.0 Å². The van der Waals surface area contributed by atoms with E-state index < -0.39 is 11.4 Å². The number of nitrogens with zero attached hydrogens (tertiary/aromatic N) is 5. The maximum absolute atomic E-state index is 14.6. The smallest absolute Gasteiger partial charge is 0.410 e. The number of halogens is 1. The molecule has 2 aromatic rings. The van der Waals surface area contributed by atoms with Gasteiger partial charge in [0.1, 0.15) is 22.7 Å². The largest absolute Gasteiger partial charge is 0.444 e. The molecule has 29 heavy (non-hydrogen) atoms. The fraction of sp³-hybridized carbons (Fsp3) is 0.500. The molecular weight excluding hydrogens is 377 g/mol. The zero-order valence-corrected chi connectivity index (χ0v) is 16.7. The predicted molar refractivity (Wildman–Crippen MR) is 102 cm³/mol. The van der Waals surface area contributed by atoms with E-state index in [0.29, 0.717) is 31.9 Å². The van der Waals surface area contributed by atoms with Crippen LogP contribution >= 0.6 is 0 Å². The van der Waals surface area contributed by atoms with Gasteiger partial charge < -0.3 is 14.5 Å². The Morgan fingerprint density at radius 2 is 1.62 bits per heavy atom. The molecule has 4 rings (SSSR count). The number of amides is 2. The van der Waals surface area contributed by atoms with E-state index in [4.69, 9.17) is 4.74 Å². The molecule has 154 valence electrons. The molecule has 0 radical (unpaired) electrons. The Morgan fingerprint density at radius 3 is 2.21 bits per heavy atom. The molecule has 1 aromatic carbocycles. The molecule has 0 unspecified atom stereocenters. The van der Waals surface area contributed by atoms with Gasteiger partial charge in [0, 0.05) is 38.0 Å². The first-order valence-electron chi connectivity index (χ1n) is 9.65. The quantitative estimate of drug-likeness (QED) is 0.772. The lowest BCUT2D eigenvalue weighted by atomic mass is 10.0.